The lowest BCUT2D eigenvalue weighted by atomic mass is 9.98. The third-order valence-corrected chi connectivity index (χ3v) is 8.55. The monoisotopic (exact) mass is 545 g/mol. The summed E-state index contributed by atoms with van der Waals surface area (Å²) in [4.78, 5) is 4.35. The molecule has 7 rings (SSSR count). The first-order valence-electron chi connectivity index (χ1n) is 13.9. The van der Waals surface area contributed by atoms with Gasteiger partial charge in [-0.3, -0.25) is 4.99 Å². The van der Waals surface area contributed by atoms with Crippen LogP contribution in [0.15, 0.2) is 151 Å². The summed E-state index contributed by atoms with van der Waals surface area (Å²) in [5.41, 5.74) is 7.06. The molecule has 0 amide bonds. The van der Waals surface area contributed by atoms with Crippen LogP contribution in [0.3, 0.4) is 0 Å². The van der Waals surface area contributed by atoms with Gasteiger partial charge in [0.25, 0.3) is 0 Å². The fraction of sp³-hybridized carbons (Fsp3) is 0.0513. The Morgan fingerprint density at radius 1 is 0.707 bits per heavy atom. The van der Waals surface area contributed by atoms with Crippen LogP contribution < -0.4 is 0 Å². The van der Waals surface area contributed by atoms with Gasteiger partial charge < -0.3 is 0 Å². The SMILES string of the molecule is C=N/C(=C\Cc1ccccc1)c1cccc(-c2cccc3c2sc2ccc4ccccc4c23)c1.Cc1ccccc1. The number of aliphatic imine (C=N–C) groups is 1. The molecule has 0 saturated heterocycles. The smallest absolute Gasteiger partial charge is 0.0658 e. The maximum absolute atomic E-state index is 4.35. The van der Waals surface area contributed by atoms with Gasteiger partial charge in [-0.05, 0) is 59.7 Å². The first-order chi connectivity index (χ1) is 20.2. The second-order valence-corrected chi connectivity index (χ2v) is 11.2. The van der Waals surface area contributed by atoms with E-state index in [1.807, 2.05) is 35.6 Å². The number of benzene rings is 6. The molecule has 0 radical (unpaired) electrons. The minimum atomic E-state index is 0.832. The van der Waals surface area contributed by atoms with E-state index in [-0.39, 0.29) is 0 Å². The van der Waals surface area contributed by atoms with Crippen molar-refractivity contribution in [2.45, 2.75) is 13.3 Å². The Bertz CT molecular complexity index is 1980. The average Bonchev–Trinajstić information content (AvgIpc) is 3.42. The van der Waals surface area contributed by atoms with Crippen LogP contribution in [-0.2, 0) is 6.42 Å². The molecule has 0 spiro atoms. The standard InChI is InChI=1S/C32H23NS.C7H8/c1-33-29(19-17-22-9-3-2-4-10-22)25-13-7-12-24(21-25)27-15-8-16-28-31-26-14-6-5-11-23(26)18-20-30(31)34-32(27)28;1-7-5-3-2-4-6-7/h2-16,18-21H,1,17H2;2-6H,1H3/b29-19-;. The maximum atomic E-state index is 4.35. The molecule has 0 aliphatic carbocycles. The van der Waals surface area contributed by atoms with Crippen molar-refractivity contribution in [3.05, 3.63) is 162 Å². The fourth-order valence-corrected chi connectivity index (χ4v) is 6.53. The molecule has 0 saturated carbocycles. The quantitative estimate of drug-likeness (QED) is 0.191. The van der Waals surface area contributed by atoms with Gasteiger partial charge >= 0.3 is 0 Å². The third kappa shape index (κ3) is 5.75. The topological polar surface area (TPSA) is 12.4 Å². The van der Waals surface area contributed by atoms with Crippen LogP contribution in [0.25, 0.3) is 47.8 Å². The Kier molecular flexibility index (Phi) is 7.84. The van der Waals surface area contributed by atoms with Crippen molar-refractivity contribution in [2.24, 2.45) is 4.99 Å². The largest absolute Gasteiger partial charge is 0.264 e. The third-order valence-electron chi connectivity index (χ3n) is 7.34. The van der Waals surface area contributed by atoms with E-state index < -0.39 is 0 Å². The lowest BCUT2D eigenvalue weighted by Gasteiger charge is -2.08. The molecule has 41 heavy (non-hydrogen) atoms. The highest BCUT2D eigenvalue weighted by Gasteiger charge is 2.13. The Morgan fingerprint density at radius 2 is 1.41 bits per heavy atom. The van der Waals surface area contributed by atoms with E-state index in [1.54, 1.807) is 0 Å². The number of nitrogens with zero attached hydrogens (tertiary/aromatic N) is 1. The van der Waals surface area contributed by atoms with Crippen LogP contribution >= 0.6 is 11.3 Å². The zero-order valence-corrected chi connectivity index (χ0v) is 23.9. The number of thiophene rings is 1. The summed E-state index contributed by atoms with van der Waals surface area (Å²) >= 11 is 1.88. The predicted octanol–water partition coefficient (Wildman–Crippen LogP) is 11.2. The Balaban J connectivity index is 0.000000380. The molecular formula is C39H31NS. The Hall–Kier alpha value is -4.79. The van der Waals surface area contributed by atoms with Gasteiger partial charge in [0.15, 0.2) is 0 Å². The molecule has 0 fully saturated rings. The molecule has 7 aromatic rings. The number of rotatable bonds is 5. The van der Waals surface area contributed by atoms with Gasteiger partial charge in [0.1, 0.15) is 0 Å². The average molecular weight is 546 g/mol. The van der Waals surface area contributed by atoms with Gasteiger partial charge in [-0.15, -0.1) is 11.3 Å². The molecule has 0 N–H and O–H groups in total. The molecule has 1 aromatic heterocycles. The van der Waals surface area contributed by atoms with E-state index in [9.17, 15) is 0 Å². The summed E-state index contributed by atoms with van der Waals surface area (Å²) in [6, 6.07) is 49.2. The maximum Gasteiger partial charge on any atom is 0.0658 e. The number of fused-ring (bicyclic) bond motifs is 5. The van der Waals surface area contributed by atoms with Crippen LogP contribution in [0.1, 0.15) is 16.7 Å². The highest BCUT2D eigenvalue weighted by molar-refractivity contribution is 7.26. The minimum absolute atomic E-state index is 0.832. The van der Waals surface area contributed by atoms with Crippen LogP contribution in [0.4, 0.5) is 0 Å². The first-order valence-corrected chi connectivity index (χ1v) is 14.7. The summed E-state index contributed by atoms with van der Waals surface area (Å²) in [5.74, 6) is 0. The van der Waals surface area contributed by atoms with Crippen LogP contribution in [0.5, 0.6) is 0 Å². The second kappa shape index (κ2) is 12.2. The van der Waals surface area contributed by atoms with E-state index in [1.165, 1.54) is 53.2 Å². The molecule has 0 aliphatic heterocycles. The van der Waals surface area contributed by atoms with Gasteiger partial charge in [0.05, 0.1) is 5.70 Å². The number of hydrogen-bond acceptors (Lipinski definition) is 2. The van der Waals surface area contributed by atoms with E-state index >= 15 is 0 Å². The number of allylic oxidation sites excluding steroid dienone is 1. The molecule has 0 unspecified atom stereocenters. The normalized spacial score (nSPS) is 11.4. The summed E-state index contributed by atoms with van der Waals surface area (Å²) in [6.45, 7) is 5.93. The molecular weight excluding hydrogens is 515 g/mol. The van der Waals surface area contributed by atoms with E-state index in [2.05, 4.69) is 140 Å². The molecule has 0 aliphatic rings. The summed E-state index contributed by atoms with van der Waals surface area (Å²) in [6.07, 6.45) is 2.99. The fourth-order valence-electron chi connectivity index (χ4n) is 5.28. The van der Waals surface area contributed by atoms with Crippen molar-refractivity contribution < 1.29 is 0 Å². The van der Waals surface area contributed by atoms with Gasteiger partial charge in [-0.1, -0.05) is 139 Å². The highest BCUT2D eigenvalue weighted by Crippen LogP contribution is 2.43. The van der Waals surface area contributed by atoms with Crippen LogP contribution in [0.2, 0.25) is 0 Å². The number of hydrogen-bond donors (Lipinski definition) is 0. The Morgan fingerprint density at radius 3 is 2.17 bits per heavy atom. The van der Waals surface area contributed by atoms with E-state index in [0.717, 1.165) is 17.7 Å². The van der Waals surface area contributed by atoms with Gasteiger partial charge in [-0.2, -0.15) is 0 Å². The van der Waals surface area contributed by atoms with Crippen molar-refractivity contribution in [3.8, 4) is 11.1 Å². The summed E-state index contributed by atoms with van der Waals surface area (Å²) < 4.78 is 2.65. The molecule has 1 heterocycles. The van der Waals surface area contributed by atoms with Crippen molar-refractivity contribution in [3.63, 3.8) is 0 Å². The number of aryl methyl sites for hydroxylation is 1. The zero-order chi connectivity index (χ0) is 28.0. The van der Waals surface area contributed by atoms with Crippen molar-refractivity contribution in [1.29, 1.82) is 0 Å². The van der Waals surface area contributed by atoms with Crippen LogP contribution in [0, 0.1) is 6.92 Å². The molecule has 1 nitrogen and oxygen atoms in total. The van der Waals surface area contributed by atoms with Crippen molar-refractivity contribution >= 4 is 54.7 Å². The van der Waals surface area contributed by atoms with Crippen molar-refractivity contribution in [2.75, 3.05) is 0 Å². The van der Waals surface area contributed by atoms with Crippen LogP contribution in [-0.4, -0.2) is 6.72 Å². The van der Waals surface area contributed by atoms with Gasteiger partial charge in [0, 0.05) is 25.7 Å². The lowest BCUT2D eigenvalue weighted by Crippen LogP contribution is -1.87. The molecule has 2 heteroatoms. The molecule has 0 atom stereocenters. The van der Waals surface area contributed by atoms with E-state index in [0.29, 0.717) is 0 Å². The Labute approximate surface area is 245 Å². The zero-order valence-electron chi connectivity index (χ0n) is 23.1. The first kappa shape index (κ1) is 26.4. The van der Waals surface area contributed by atoms with Gasteiger partial charge in [0.2, 0.25) is 0 Å². The van der Waals surface area contributed by atoms with Gasteiger partial charge in [-0.25, -0.2) is 0 Å². The lowest BCUT2D eigenvalue weighted by molar-refractivity contribution is 1.26. The molecule has 0 bridgehead atoms. The summed E-state index contributed by atoms with van der Waals surface area (Å²) in [5, 5.41) is 5.28. The van der Waals surface area contributed by atoms with E-state index in [4.69, 9.17) is 0 Å². The highest BCUT2D eigenvalue weighted by atomic mass is 32.1. The predicted molar refractivity (Wildman–Crippen MR) is 181 cm³/mol. The molecule has 6 aromatic carbocycles. The minimum Gasteiger partial charge on any atom is -0.264 e. The second-order valence-electron chi connectivity index (χ2n) is 10.1. The summed E-state index contributed by atoms with van der Waals surface area (Å²) in [7, 11) is 0. The van der Waals surface area contributed by atoms with Crippen molar-refractivity contribution in [1.82, 2.24) is 0 Å². The molecule has 198 valence electrons.